The standard InChI is InChI=1S/C26H23ClN4O4/c1-17-28-22-14-18(12-13-23(22)31(17)19-8-4-3-5-9-19)26(34)35-16-25(33)30(2)15-24(32)29-21-11-7-6-10-20(21)27/h3-14H,15-16H2,1-2H3,(H,29,32). The van der Waals surface area contributed by atoms with Crippen LogP contribution in [0, 0.1) is 6.92 Å². The molecule has 0 saturated heterocycles. The Labute approximate surface area is 207 Å². The first kappa shape index (κ1) is 24.0. The zero-order chi connectivity index (χ0) is 24.9. The van der Waals surface area contributed by atoms with Gasteiger partial charge in [-0.05, 0) is 49.4 Å². The van der Waals surface area contributed by atoms with Gasteiger partial charge in [-0.3, -0.25) is 14.2 Å². The number of halogens is 1. The second kappa shape index (κ2) is 10.4. The normalized spacial score (nSPS) is 10.7. The van der Waals surface area contributed by atoms with Crippen molar-refractivity contribution in [1.29, 1.82) is 0 Å². The number of para-hydroxylation sites is 2. The molecule has 0 aliphatic carbocycles. The van der Waals surface area contributed by atoms with Crippen molar-refractivity contribution in [2.75, 3.05) is 25.5 Å². The summed E-state index contributed by atoms with van der Waals surface area (Å²) in [5.41, 5.74) is 3.19. The number of aromatic nitrogens is 2. The third-order valence-corrected chi connectivity index (χ3v) is 5.68. The Hall–Kier alpha value is -4.17. The molecule has 4 aromatic rings. The molecule has 0 spiro atoms. The number of imidazole rings is 1. The molecular weight excluding hydrogens is 468 g/mol. The van der Waals surface area contributed by atoms with Crippen LogP contribution in [0.4, 0.5) is 5.69 Å². The third-order valence-electron chi connectivity index (χ3n) is 5.35. The largest absolute Gasteiger partial charge is 0.452 e. The van der Waals surface area contributed by atoms with Gasteiger partial charge in [0.05, 0.1) is 33.9 Å². The van der Waals surface area contributed by atoms with Crippen LogP contribution < -0.4 is 5.32 Å². The smallest absolute Gasteiger partial charge is 0.338 e. The lowest BCUT2D eigenvalue weighted by Crippen LogP contribution is -2.37. The molecular formula is C26H23ClN4O4. The van der Waals surface area contributed by atoms with E-state index in [0.717, 1.165) is 17.0 Å². The molecule has 1 heterocycles. The maximum atomic E-state index is 12.6. The van der Waals surface area contributed by atoms with Crippen molar-refractivity contribution < 1.29 is 19.1 Å². The fourth-order valence-corrected chi connectivity index (χ4v) is 3.79. The molecule has 9 heteroatoms. The van der Waals surface area contributed by atoms with Gasteiger partial charge in [0.1, 0.15) is 5.82 Å². The van der Waals surface area contributed by atoms with Gasteiger partial charge < -0.3 is 15.0 Å². The van der Waals surface area contributed by atoms with Gasteiger partial charge in [-0.2, -0.15) is 0 Å². The molecule has 4 rings (SSSR count). The number of benzene rings is 3. The molecule has 1 N–H and O–H groups in total. The number of amides is 2. The number of carbonyl (C=O) groups is 3. The molecule has 3 aromatic carbocycles. The summed E-state index contributed by atoms with van der Waals surface area (Å²) in [6.07, 6.45) is 0. The predicted molar refractivity (Wildman–Crippen MR) is 134 cm³/mol. The number of nitrogens with one attached hydrogen (secondary N) is 1. The number of anilines is 1. The van der Waals surface area contributed by atoms with Crippen LogP contribution in [0.25, 0.3) is 16.7 Å². The maximum Gasteiger partial charge on any atom is 0.338 e. The highest BCUT2D eigenvalue weighted by atomic mass is 35.5. The van der Waals surface area contributed by atoms with Crippen LogP contribution >= 0.6 is 11.6 Å². The zero-order valence-corrected chi connectivity index (χ0v) is 20.0. The number of fused-ring (bicyclic) bond motifs is 1. The molecule has 0 saturated carbocycles. The second-order valence-electron chi connectivity index (χ2n) is 7.89. The van der Waals surface area contributed by atoms with E-state index in [2.05, 4.69) is 10.3 Å². The lowest BCUT2D eigenvalue weighted by molar-refractivity contribution is -0.136. The molecule has 2 amide bonds. The van der Waals surface area contributed by atoms with Crippen LogP contribution in [-0.4, -0.2) is 52.4 Å². The average Bonchev–Trinajstić information content (AvgIpc) is 3.19. The number of carbonyl (C=O) groups excluding carboxylic acids is 3. The van der Waals surface area contributed by atoms with Gasteiger partial charge >= 0.3 is 5.97 Å². The van der Waals surface area contributed by atoms with Gasteiger partial charge in [-0.15, -0.1) is 0 Å². The van der Waals surface area contributed by atoms with Crippen molar-refractivity contribution in [3.63, 3.8) is 0 Å². The number of likely N-dealkylation sites (N-methyl/N-ethyl adjacent to an activating group) is 1. The summed E-state index contributed by atoms with van der Waals surface area (Å²) < 4.78 is 7.18. The first-order chi connectivity index (χ1) is 16.8. The fraction of sp³-hybridized carbons (Fsp3) is 0.154. The van der Waals surface area contributed by atoms with Gasteiger partial charge in [0, 0.05) is 12.7 Å². The van der Waals surface area contributed by atoms with E-state index in [1.807, 2.05) is 41.8 Å². The number of ether oxygens (including phenoxy) is 1. The summed E-state index contributed by atoms with van der Waals surface area (Å²) in [6.45, 7) is 1.18. The van der Waals surface area contributed by atoms with Gasteiger partial charge in [0.15, 0.2) is 6.61 Å². The van der Waals surface area contributed by atoms with Crippen LogP contribution in [0.1, 0.15) is 16.2 Å². The van der Waals surface area contributed by atoms with Crippen molar-refractivity contribution in [1.82, 2.24) is 14.5 Å². The van der Waals surface area contributed by atoms with Gasteiger partial charge in [-0.25, -0.2) is 9.78 Å². The van der Waals surface area contributed by atoms with E-state index in [9.17, 15) is 14.4 Å². The van der Waals surface area contributed by atoms with Gasteiger partial charge in [0.25, 0.3) is 5.91 Å². The molecule has 0 bridgehead atoms. The summed E-state index contributed by atoms with van der Waals surface area (Å²) in [7, 11) is 1.45. The number of rotatable bonds is 7. The lowest BCUT2D eigenvalue weighted by atomic mass is 10.2. The number of esters is 1. The van der Waals surface area contributed by atoms with Gasteiger partial charge in [-0.1, -0.05) is 41.9 Å². The Morgan fingerprint density at radius 1 is 1.03 bits per heavy atom. The van der Waals surface area contributed by atoms with Crippen LogP contribution in [0.5, 0.6) is 0 Å². The topological polar surface area (TPSA) is 93.5 Å². The van der Waals surface area contributed by atoms with Crippen molar-refractivity contribution in [2.45, 2.75) is 6.92 Å². The molecule has 178 valence electrons. The predicted octanol–water partition coefficient (Wildman–Crippen LogP) is 4.24. The number of aryl methyl sites for hydroxylation is 1. The Morgan fingerprint density at radius 3 is 2.49 bits per heavy atom. The molecule has 0 radical (unpaired) electrons. The highest BCUT2D eigenvalue weighted by molar-refractivity contribution is 6.33. The third kappa shape index (κ3) is 5.50. The number of hydrogen-bond donors (Lipinski definition) is 1. The quantitative estimate of drug-likeness (QED) is 0.391. The minimum atomic E-state index is -0.652. The summed E-state index contributed by atoms with van der Waals surface area (Å²) in [5.74, 6) is -0.808. The highest BCUT2D eigenvalue weighted by Gasteiger charge is 2.18. The van der Waals surface area contributed by atoms with Crippen LogP contribution in [0.3, 0.4) is 0 Å². The number of nitrogens with zero attached hydrogens (tertiary/aromatic N) is 3. The summed E-state index contributed by atoms with van der Waals surface area (Å²) in [4.78, 5) is 42.9. The second-order valence-corrected chi connectivity index (χ2v) is 8.29. The van der Waals surface area contributed by atoms with E-state index < -0.39 is 24.4 Å². The highest BCUT2D eigenvalue weighted by Crippen LogP contribution is 2.23. The zero-order valence-electron chi connectivity index (χ0n) is 19.2. The molecule has 35 heavy (non-hydrogen) atoms. The summed E-state index contributed by atoms with van der Waals surface area (Å²) in [5, 5.41) is 3.03. The molecule has 1 aromatic heterocycles. The SMILES string of the molecule is Cc1nc2cc(C(=O)OCC(=O)N(C)CC(=O)Nc3ccccc3Cl)ccc2n1-c1ccccc1. The first-order valence-electron chi connectivity index (χ1n) is 10.8. The molecule has 0 atom stereocenters. The Kier molecular flexibility index (Phi) is 7.12. The molecule has 0 fully saturated rings. The molecule has 0 aliphatic heterocycles. The van der Waals surface area contributed by atoms with Crippen LogP contribution in [0.2, 0.25) is 5.02 Å². The Morgan fingerprint density at radius 2 is 1.74 bits per heavy atom. The fourth-order valence-electron chi connectivity index (χ4n) is 3.61. The van der Waals surface area contributed by atoms with Crippen molar-refractivity contribution >= 4 is 46.1 Å². The van der Waals surface area contributed by atoms with Crippen LogP contribution in [0.15, 0.2) is 72.8 Å². The molecule has 0 aliphatic rings. The Balaban J connectivity index is 1.36. The van der Waals surface area contributed by atoms with E-state index in [-0.39, 0.29) is 12.1 Å². The van der Waals surface area contributed by atoms with Crippen molar-refractivity contribution in [3.8, 4) is 5.69 Å². The monoisotopic (exact) mass is 490 g/mol. The minimum absolute atomic E-state index is 0.218. The minimum Gasteiger partial charge on any atom is -0.452 e. The Bertz CT molecular complexity index is 1400. The van der Waals surface area contributed by atoms with E-state index in [0.29, 0.717) is 16.2 Å². The summed E-state index contributed by atoms with van der Waals surface area (Å²) in [6, 6.07) is 21.6. The van der Waals surface area contributed by atoms with Gasteiger partial charge in [0.2, 0.25) is 5.91 Å². The van der Waals surface area contributed by atoms with E-state index in [4.69, 9.17) is 16.3 Å². The molecule has 8 nitrogen and oxygen atoms in total. The van der Waals surface area contributed by atoms with E-state index >= 15 is 0 Å². The number of hydrogen-bond acceptors (Lipinski definition) is 5. The molecule has 0 unspecified atom stereocenters. The maximum absolute atomic E-state index is 12.6. The van der Waals surface area contributed by atoms with Crippen molar-refractivity contribution in [2.24, 2.45) is 0 Å². The van der Waals surface area contributed by atoms with Crippen molar-refractivity contribution in [3.05, 3.63) is 89.2 Å². The van der Waals surface area contributed by atoms with Crippen LogP contribution in [-0.2, 0) is 14.3 Å². The van der Waals surface area contributed by atoms with E-state index in [1.54, 1.807) is 42.5 Å². The lowest BCUT2D eigenvalue weighted by Gasteiger charge is -2.17. The first-order valence-corrected chi connectivity index (χ1v) is 11.2. The van der Waals surface area contributed by atoms with E-state index in [1.165, 1.54) is 11.9 Å². The average molecular weight is 491 g/mol. The summed E-state index contributed by atoms with van der Waals surface area (Å²) >= 11 is 6.03.